The van der Waals surface area contributed by atoms with Crippen LogP contribution in [0, 0.1) is 0 Å². The maximum Gasteiger partial charge on any atom is 0.322 e. The number of rotatable bonds is 11. The number of nitrogens with zero attached hydrogens (tertiary/aromatic N) is 2. The largest absolute Gasteiger partial charge is 0.480 e. The van der Waals surface area contributed by atoms with E-state index in [0.717, 1.165) is 39.0 Å². The van der Waals surface area contributed by atoms with Crippen LogP contribution in [0.25, 0.3) is 0 Å². The Morgan fingerprint density at radius 2 is 1.83 bits per heavy atom. The van der Waals surface area contributed by atoms with E-state index in [1.54, 1.807) is 0 Å². The van der Waals surface area contributed by atoms with Crippen LogP contribution in [0.5, 0.6) is 0 Å². The molecule has 5 nitrogen and oxygen atoms in total. The zero-order valence-corrected chi connectivity index (χ0v) is 12.3. The summed E-state index contributed by atoms with van der Waals surface area (Å²) in [5.41, 5.74) is 0. The normalized spacial score (nSPS) is 13.2. The molecule has 0 radical (unpaired) electrons. The van der Waals surface area contributed by atoms with E-state index in [2.05, 4.69) is 22.0 Å². The molecule has 0 spiro atoms. The average molecular weight is 259 g/mol. The minimum atomic E-state index is -0.755. The zero-order chi connectivity index (χ0) is 14.0. The van der Waals surface area contributed by atoms with E-state index >= 15 is 0 Å². The Bertz CT molecular complexity index is 222. The molecular formula is C13H29N3O2. The Labute approximate surface area is 111 Å². The third kappa shape index (κ3) is 8.44. The maximum absolute atomic E-state index is 11.2. The van der Waals surface area contributed by atoms with Gasteiger partial charge in [-0.15, -0.1) is 0 Å². The second kappa shape index (κ2) is 10.3. The molecule has 5 heteroatoms. The predicted octanol–water partition coefficient (Wildman–Crippen LogP) is 0.713. The maximum atomic E-state index is 11.2. The van der Waals surface area contributed by atoms with Crippen molar-refractivity contribution in [1.82, 2.24) is 15.1 Å². The summed E-state index contributed by atoms with van der Waals surface area (Å²) < 4.78 is 0. The lowest BCUT2D eigenvalue weighted by Gasteiger charge is -2.27. The minimum Gasteiger partial charge on any atom is -0.480 e. The Morgan fingerprint density at radius 1 is 1.17 bits per heavy atom. The van der Waals surface area contributed by atoms with Crippen LogP contribution in [0.4, 0.5) is 0 Å². The Kier molecular flexibility index (Phi) is 9.92. The average Bonchev–Trinajstić information content (AvgIpc) is 2.30. The fourth-order valence-electron chi connectivity index (χ4n) is 1.76. The molecule has 0 aromatic rings. The number of carboxylic acid groups (broad SMARTS) is 1. The Hall–Kier alpha value is -0.650. The lowest BCUT2D eigenvalue weighted by Crippen LogP contribution is -2.47. The fraction of sp³-hybridized carbons (Fsp3) is 0.923. The molecule has 0 aliphatic heterocycles. The molecule has 108 valence electrons. The summed E-state index contributed by atoms with van der Waals surface area (Å²) in [5, 5.41) is 12.3. The topological polar surface area (TPSA) is 55.8 Å². The second-order valence-electron chi connectivity index (χ2n) is 4.95. The van der Waals surface area contributed by atoms with Crippen LogP contribution in [0.2, 0.25) is 0 Å². The van der Waals surface area contributed by atoms with E-state index in [0.29, 0.717) is 6.54 Å². The third-order valence-electron chi connectivity index (χ3n) is 2.78. The van der Waals surface area contributed by atoms with Gasteiger partial charge in [0.2, 0.25) is 0 Å². The van der Waals surface area contributed by atoms with Crippen molar-refractivity contribution in [1.29, 1.82) is 0 Å². The third-order valence-corrected chi connectivity index (χ3v) is 2.78. The molecular weight excluding hydrogens is 230 g/mol. The molecule has 0 rings (SSSR count). The van der Waals surface area contributed by atoms with Crippen molar-refractivity contribution in [2.24, 2.45) is 0 Å². The second-order valence-corrected chi connectivity index (χ2v) is 4.95. The van der Waals surface area contributed by atoms with Gasteiger partial charge >= 0.3 is 5.97 Å². The van der Waals surface area contributed by atoms with Crippen molar-refractivity contribution in [3.05, 3.63) is 0 Å². The van der Waals surface area contributed by atoms with E-state index in [4.69, 9.17) is 0 Å². The van der Waals surface area contributed by atoms with Crippen LogP contribution in [-0.4, -0.2) is 73.7 Å². The number of carbonyl (C=O) groups is 1. The predicted molar refractivity (Wildman–Crippen MR) is 75.0 cm³/mol. The fourth-order valence-corrected chi connectivity index (χ4v) is 1.76. The van der Waals surface area contributed by atoms with Crippen molar-refractivity contribution in [2.75, 3.05) is 46.8 Å². The van der Waals surface area contributed by atoms with E-state index in [1.165, 1.54) is 0 Å². The van der Waals surface area contributed by atoms with Gasteiger partial charge in [-0.3, -0.25) is 9.69 Å². The summed E-state index contributed by atoms with van der Waals surface area (Å²) in [4.78, 5) is 15.5. The molecule has 0 saturated heterocycles. The summed E-state index contributed by atoms with van der Waals surface area (Å²) >= 11 is 0. The smallest absolute Gasteiger partial charge is 0.322 e. The highest BCUT2D eigenvalue weighted by Crippen LogP contribution is 1.97. The monoisotopic (exact) mass is 259 g/mol. The number of nitrogens with one attached hydrogen (secondary N) is 1. The standard InChI is InChI=1S/C13H29N3O2/c1-5-7-14-12(13(17)18)11-16(8-6-2)10-9-15(3)4/h12,14H,5-11H2,1-4H3,(H,17,18). The van der Waals surface area contributed by atoms with Crippen LogP contribution >= 0.6 is 0 Å². The highest BCUT2D eigenvalue weighted by Gasteiger charge is 2.19. The Morgan fingerprint density at radius 3 is 2.28 bits per heavy atom. The molecule has 1 atom stereocenters. The molecule has 0 bridgehead atoms. The summed E-state index contributed by atoms with van der Waals surface area (Å²) in [6, 6.07) is -0.460. The van der Waals surface area contributed by atoms with Crippen LogP contribution < -0.4 is 5.32 Å². The molecule has 0 aliphatic carbocycles. The van der Waals surface area contributed by atoms with Crippen molar-refractivity contribution >= 4 is 5.97 Å². The number of aliphatic carboxylic acids is 1. The van der Waals surface area contributed by atoms with Gasteiger partial charge in [0.15, 0.2) is 0 Å². The highest BCUT2D eigenvalue weighted by molar-refractivity contribution is 5.73. The van der Waals surface area contributed by atoms with Crippen molar-refractivity contribution < 1.29 is 9.90 Å². The summed E-state index contributed by atoms with van der Waals surface area (Å²) in [6.45, 7) is 8.32. The molecule has 0 aromatic carbocycles. The van der Waals surface area contributed by atoms with Gasteiger partial charge in [0.05, 0.1) is 0 Å². The summed E-state index contributed by atoms with van der Waals surface area (Å²) in [7, 11) is 4.07. The summed E-state index contributed by atoms with van der Waals surface area (Å²) in [5.74, 6) is -0.755. The molecule has 0 amide bonds. The number of hydrogen-bond acceptors (Lipinski definition) is 4. The SMILES string of the molecule is CCCNC(CN(CCC)CCN(C)C)C(=O)O. The van der Waals surface area contributed by atoms with Crippen molar-refractivity contribution in [3.63, 3.8) is 0 Å². The zero-order valence-electron chi connectivity index (χ0n) is 12.3. The first-order chi connectivity index (χ1) is 8.51. The lowest BCUT2D eigenvalue weighted by atomic mass is 10.2. The molecule has 1 unspecified atom stereocenters. The van der Waals surface area contributed by atoms with Gasteiger partial charge in [-0.05, 0) is 40.0 Å². The molecule has 0 aliphatic rings. The van der Waals surface area contributed by atoms with Crippen molar-refractivity contribution in [2.45, 2.75) is 32.7 Å². The lowest BCUT2D eigenvalue weighted by molar-refractivity contribution is -0.140. The first-order valence-corrected chi connectivity index (χ1v) is 6.84. The molecule has 0 heterocycles. The van der Waals surface area contributed by atoms with Gasteiger partial charge in [0.1, 0.15) is 6.04 Å². The number of carboxylic acids is 1. The Balaban J connectivity index is 4.26. The number of likely N-dealkylation sites (N-methyl/N-ethyl adjacent to an activating group) is 1. The van der Waals surface area contributed by atoms with Crippen LogP contribution in [-0.2, 0) is 4.79 Å². The van der Waals surface area contributed by atoms with Gasteiger partial charge < -0.3 is 15.3 Å². The van der Waals surface area contributed by atoms with E-state index < -0.39 is 12.0 Å². The van der Waals surface area contributed by atoms with Crippen LogP contribution in [0.3, 0.4) is 0 Å². The van der Waals surface area contributed by atoms with E-state index in [9.17, 15) is 9.90 Å². The molecule has 18 heavy (non-hydrogen) atoms. The van der Waals surface area contributed by atoms with Gasteiger partial charge in [-0.1, -0.05) is 13.8 Å². The first kappa shape index (κ1) is 17.4. The summed E-state index contributed by atoms with van der Waals surface area (Å²) in [6.07, 6.45) is 2.00. The van der Waals surface area contributed by atoms with Gasteiger partial charge in [0, 0.05) is 19.6 Å². The van der Waals surface area contributed by atoms with E-state index in [-0.39, 0.29) is 0 Å². The molecule has 0 fully saturated rings. The molecule has 0 aromatic heterocycles. The minimum absolute atomic E-state index is 0.460. The first-order valence-electron chi connectivity index (χ1n) is 6.84. The van der Waals surface area contributed by atoms with E-state index in [1.807, 2.05) is 21.0 Å². The quantitative estimate of drug-likeness (QED) is 0.572. The number of hydrogen-bond donors (Lipinski definition) is 2. The van der Waals surface area contributed by atoms with Crippen molar-refractivity contribution in [3.8, 4) is 0 Å². The van der Waals surface area contributed by atoms with Crippen LogP contribution in [0.1, 0.15) is 26.7 Å². The van der Waals surface area contributed by atoms with Gasteiger partial charge in [-0.2, -0.15) is 0 Å². The highest BCUT2D eigenvalue weighted by atomic mass is 16.4. The molecule has 2 N–H and O–H groups in total. The van der Waals surface area contributed by atoms with Crippen LogP contribution in [0.15, 0.2) is 0 Å². The van der Waals surface area contributed by atoms with Gasteiger partial charge in [-0.25, -0.2) is 0 Å². The molecule has 0 saturated carbocycles. The van der Waals surface area contributed by atoms with Gasteiger partial charge in [0.25, 0.3) is 0 Å².